The van der Waals surface area contributed by atoms with Gasteiger partial charge in [-0.25, -0.2) is 4.79 Å². The standard InChI is InChI=1S/C24H24I3N3O11/c1-11(32)38-9-15(40-13(3)34)7-29-23(36)17-19(25)18(21(27)22(20(17)26)28-5-6-31)24(37)30-8-16(41-14(4)35)10-39-12(2)33/h15-16H,7-10H2,1-4H3,(H,29,36)(H,30,37). The fourth-order valence-corrected chi connectivity index (χ4v) is 7.36. The molecule has 0 heterocycles. The molecule has 0 spiro atoms. The van der Waals surface area contributed by atoms with Crippen LogP contribution >= 0.6 is 67.8 Å². The minimum absolute atomic E-state index is 0.00808. The Balaban J connectivity index is 3.42. The smallest absolute Gasteiger partial charge is 0.303 e. The van der Waals surface area contributed by atoms with Gasteiger partial charge in [-0.2, -0.15) is 4.99 Å². The zero-order chi connectivity index (χ0) is 31.3. The normalized spacial score (nSPS) is 11.5. The molecule has 222 valence electrons. The van der Waals surface area contributed by atoms with Crippen molar-refractivity contribution in [1.82, 2.24) is 10.6 Å². The number of halogens is 3. The Hall–Kier alpha value is -2.61. The summed E-state index contributed by atoms with van der Waals surface area (Å²) in [5.74, 6) is -0.507. The third-order valence-electron chi connectivity index (χ3n) is 4.55. The van der Waals surface area contributed by atoms with Gasteiger partial charge in [0.25, 0.3) is 11.8 Å². The van der Waals surface area contributed by atoms with Crippen LogP contribution in [0, 0.1) is 10.7 Å². The lowest BCUT2D eigenvalue weighted by Gasteiger charge is -2.20. The SMILES string of the molecule is CC(=O)OCC(CNC(=O)c1c(I)c(N=C=C=O)c(I)c(C(=O)NCC(COC(C)=O)OC(C)=O)c1I)OC(C)=O. The van der Waals surface area contributed by atoms with Gasteiger partial charge in [0.2, 0.25) is 0 Å². The molecule has 17 heteroatoms. The number of carbonyl (C=O) groups is 6. The molecule has 0 aliphatic carbocycles. The Labute approximate surface area is 275 Å². The van der Waals surface area contributed by atoms with Crippen molar-refractivity contribution in [2.24, 2.45) is 4.99 Å². The fraction of sp³-hybridized carbons (Fsp3) is 0.417. The predicted octanol–water partition coefficient (Wildman–Crippen LogP) is 1.64. The van der Waals surface area contributed by atoms with Gasteiger partial charge in [-0.15, -0.1) is 0 Å². The monoisotopic (exact) mass is 911 g/mol. The largest absolute Gasteiger partial charge is 0.462 e. The Bertz CT molecular complexity index is 1220. The average molecular weight is 911 g/mol. The van der Waals surface area contributed by atoms with Crippen LogP contribution in [0.2, 0.25) is 0 Å². The van der Waals surface area contributed by atoms with Gasteiger partial charge in [0.15, 0.2) is 18.1 Å². The highest BCUT2D eigenvalue weighted by molar-refractivity contribution is 14.1. The molecule has 2 unspecified atom stereocenters. The molecule has 1 aromatic rings. The van der Waals surface area contributed by atoms with Crippen LogP contribution in [0.5, 0.6) is 0 Å². The zero-order valence-corrected chi connectivity index (χ0v) is 28.5. The summed E-state index contributed by atoms with van der Waals surface area (Å²) >= 11 is 5.45. The molecule has 0 aliphatic rings. The van der Waals surface area contributed by atoms with Crippen LogP contribution in [-0.4, -0.2) is 86.0 Å². The molecule has 0 saturated carbocycles. The lowest BCUT2D eigenvalue weighted by Crippen LogP contribution is -2.39. The third-order valence-corrected chi connectivity index (χ3v) is 7.73. The molecule has 0 fully saturated rings. The van der Waals surface area contributed by atoms with Crippen LogP contribution < -0.4 is 10.6 Å². The van der Waals surface area contributed by atoms with Gasteiger partial charge in [-0.05, 0) is 67.8 Å². The number of hydrogen-bond acceptors (Lipinski definition) is 12. The molecule has 1 rings (SSSR count). The van der Waals surface area contributed by atoms with E-state index in [-0.39, 0.29) is 53.8 Å². The number of rotatable bonds is 13. The first-order valence-electron chi connectivity index (χ1n) is 11.4. The first-order chi connectivity index (χ1) is 19.2. The van der Waals surface area contributed by atoms with E-state index in [1.807, 2.05) is 51.1 Å². The van der Waals surface area contributed by atoms with Crippen molar-refractivity contribution in [3.05, 3.63) is 21.8 Å². The molecule has 0 radical (unpaired) electrons. The third kappa shape index (κ3) is 12.4. The van der Waals surface area contributed by atoms with Crippen molar-refractivity contribution in [3.63, 3.8) is 0 Å². The maximum Gasteiger partial charge on any atom is 0.303 e. The highest BCUT2D eigenvalue weighted by Gasteiger charge is 2.29. The van der Waals surface area contributed by atoms with E-state index in [0.717, 1.165) is 13.8 Å². The molecule has 2 atom stereocenters. The molecule has 0 bridgehead atoms. The minimum Gasteiger partial charge on any atom is -0.462 e. The van der Waals surface area contributed by atoms with Gasteiger partial charge in [0.05, 0.1) is 37.2 Å². The van der Waals surface area contributed by atoms with E-state index in [2.05, 4.69) is 15.6 Å². The van der Waals surface area contributed by atoms with Crippen LogP contribution in [0.1, 0.15) is 48.4 Å². The van der Waals surface area contributed by atoms with E-state index in [1.165, 1.54) is 19.8 Å². The van der Waals surface area contributed by atoms with Crippen molar-refractivity contribution >= 4 is 121 Å². The minimum atomic E-state index is -0.992. The lowest BCUT2D eigenvalue weighted by atomic mass is 10.1. The topological polar surface area (TPSA) is 193 Å². The molecule has 14 nitrogen and oxygen atoms in total. The second-order valence-corrected chi connectivity index (χ2v) is 11.1. The van der Waals surface area contributed by atoms with Gasteiger partial charge >= 0.3 is 23.9 Å². The number of nitrogens with zero attached hydrogens (tertiary/aromatic N) is 1. The summed E-state index contributed by atoms with van der Waals surface area (Å²) in [6.07, 6.45) is -1.98. The molecule has 0 aliphatic heterocycles. The van der Waals surface area contributed by atoms with Gasteiger partial charge < -0.3 is 29.6 Å². The van der Waals surface area contributed by atoms with Gasteiger partial charge in [-0.1, -0.05) is 0 Å². The number of ether oxygens (including phenoxy) is 4. The molecule has 2 amide bonds. The van der Waals surface area contributed by atoms with Crippen molar-refractivity contribution < 1.29 is 52.5 Å². The molecule has 1 aromatic carbocycles. The van der Waals surface area contributed by atoms with Crippen LogP contribution in [-0.2, 0) is 42.9 Å². The first kappa shape index (κ1) is 36.4. The van der Waals surface area contributed by atoms with E-state index in [9.17, 15) is 33.6 Å². The number of esters is 4. The summed E-state index contributed by atoms with van der Waals surface area (Å²) in [5, 5.41) is 5.16. The Morgan fingerprint density at radius 1 is 0.707 bits per heavy atom. The zero-order valence-electron chi connectivity index (χ0n) is 22.1. The van der Waals surface area contributed by atoms with Crippen LogP contribution in [0.4, 0.5) is 5.69 Å². The van der Waals surface area contributed by atoms with E-state index in [0.29, 0.717) is 0 Å². The van der Waals surface area contributed by atoms with E-state index < -0.39 is 47.9 Å². The first-order valence-corrected chi connectivity index (χ1v) is 14.6. The lowest BCUT2D eigenvalue weighted by molar-refractivity contribution is -0.155. The predicted molar refractivity (Wildman–Crippen MR) is 166 cm³/mol. The summed E-state index contributed by atoms with van der Waals surface area (Å²) in [4.78, 5) is 86.6. The molecular weight excluding hydrogens is 887 g/mol. The van der Waals surface area contributed by atoms with E-state index in [4.69, 9.17) is 18.9 Å². The van der Waals surface area contributed by atoms with Crippen molar-refractivity contribution in [3.8, 4) is 0 Å². The van der Waals surface area contributed by atoms with E-state index in [1.54, 1.807) is 22.6 Å². The van der Waals surface area contributed by atoms with Crippen molar-refractivity contribution in [1.29, 1.82) is 0 Å². The van der Waals surface area contributed by atoms with E-state index >= 15 is 0 Å². The second kappa shape index (κ2) is 18.0. The molecule has 2 N–H and O–H groups in total. The van der Waals surface area contributed by atoms with Gasteiger partial charge in [0, 0.05) is 31.3 Å². The van der Waals surface area contributed by atoms with Crippen molar-refractivity contribution in [2.45, 2.75) is 39.9 Å². The molecule has 0 saturated heterocycles. The molecule has 41 heavy (non-hydrogen) atoms. The summed E-state index contributed by atoms with van der Waals surface area (Å²) in [6, 6.07) is 0. The van der Waals surface area contributed by atoms with Crippen LogP contribution in [0.25, 0.3) is 0 Å². The highest BCUT2D eigenvalue weighted by Crippen LogP contribution is 2.37. The number of aliphatic imine (C=N–C) groups is 1. The van der Waals surface area contributed by atoms with Gasteiger partial charge in [-0.3, -0.25) is 28.8 Å². The summed E-state index contributed by atoms with van der Waals surface area (Å²) in [6.45, 7) is 3.57. The summed E-state index contributed by atoms with van der Waals surface area (Å²) in [7, 11) is 0. The Morgan fingerprint density at radius 2 is 1.10 bits per heavy atom. The number of carbonyl (C=O) groups excluding carboxylic acids is 7. The quantitative estimate of drug-likeness (QED) is 0.0962. The Morgan fingerprint density at radius 3 is 1.41 bits per heavy atom. The maximum atomic E-state index is 13.3. The fourth-order valence-electron chi connectivity index (χ4n) is 2.98. The van der Waals surface area contributed by atoms with Gasteiger partial charge in [0.1, 0.15) is 18.9 Å². The second-order valence-electron chi connectivity index (χ2n) is 7.85. The summed E-state index contributed by atoms with van der Waals surface area (Å²) in [5.41, 5.74) is 0.0978. The van der Waals surface area contributed by atoms with Crippen LogP contribution in [0.15, 0.2) is 4.99 Å². The summed E-state index contributed by atoms with van der Waals surface area (Å²) < 4.78 is 20.7. The number of nitrogens with one attached hydrogen (secondary N) is 2. The molecule has 0 aromatic heterocycles. The number of amides is 2. The molecular formula is C24H24I3N3O11. The highest BCUT2D eigenvalue weighted by atomic mass is 127. The maximum absolute atomic E-state index is 13.3. The van der Waals surface area contributed by atoms with Crippen molar-refractivity contribution in [2.75, 3.05) is 26.3 Å². The number of benzene rings is 1. The Kier molecular flexibility index (Phi) is 16.0. The van der Waals surface area contributed by atoms with Crippen LogP contribution in [0.3, 0.4) is 0 Å². The number of hydrogen-bond donors (Lipinski definition) is 2. The average Bonchev–Trinajstić information content (AvgIpc) is 2.86.